The quantitative estimate of drug-likeness (QED) is 0.882. The van der Waals surface area contributed by atoms with Crippen molar-refractivity contribution in [3.63, 3.8) is 0 Å². The Morgan fingerprint density at radius 1 is 1.16 bits per heavy atom. The van der Waals surface area contributed by atoms with E-state index in [9.17, 15) is 0 Å². The van der Waals surface area contributed by atoms with Gasteiger partial charge in [0, 0.05) is 57.2 Å². The summed E-state index contributed by atoms with van der Waals surface area (Å²) < 4.78 is 2.01. The van der Waals surface area contributed by atoms with Gasteiger partial charge in [0.15, 0.2) is 0 Å². The second-order valence-electron chi connectivity index (χ2n) is 5.36. The number of hydrogen-bond donors (Lipinski definition) is 1. The molecule has 0 aliphatic carbocycles. The summed E-state index contributed by atoms with van der Waals surface area (Å²) >= 11 is 0. The van der Waals surface area contributed by atoms with E-state index in [2.05, 4.69) is 28.0 Å². The van der Waals surface area contributed by atoms with Crippen molar-refractivity contribution in [2.75, 3.05) is 45.5 Å². The highest BCUT2D eigenvalue weighted by Gasteiger charge is 2.13. The van der Waals surface area contributed by atoms with E-state index >= 15 is 0 Å². The Morgan fingerprint density at radius 3 is 2.74 bits per heavy atom. The van der Waals surface area contributed by atoms with E-state index in [0.717, 1.165) is 43.1 Å². The Kier molecular flexibility index (Phi) is 3.40. The molecule has 0 atom stereocenters. The van der Waals surface area contributed by atoms with Crippen LogP contribution in [0.25, 0.3) is 5.65 Å². The number of nitrogens with zero attached hydrogens (tertiary/aromatic N) is 4. The first-order valence-corrected chi connectivity index (χ1v) is 6.85. The van der Waals surface area contributed by atoms with Crippen LogP contribution in [-0.2, 0) is 6.42 Å². The molecular formula is C14H21N5. The lowest BCUT2D eigenvalue weighted by Gasteiger charge is -2.32. The van der Waals surface area contributed by atoms with Crippen LogP contribution in [-0.4, -0.2) is 59.0 Å². The number of pyridine rings is 1. The van der Waals surface area contributed by atoms with Crippen molar-refractivity contribution < 1.29 is 0 Å². The second-order valence-corrected chi connectivity index (χ2v) is 5.36. The lowest BCUT2D eigenvalue weighted by atomic mass is 10.2. The van der Waals surface area contributed by atoms with Crippen LogP contribution < -0.4 is 5.73 Å². The molecule has 0 radical (unpaired) electrons. The van der Waals surface area contributed by atoms with Gasteiger partial charge in [0.1, 0.15) is 5.65 Å². The third-order valence-corrected chi connectivity index (χ3v) is 3.80. The summed E-state index contributed by atoms with van der Waals surface area (Å²) in [5, 5.41) is 0. The van der Waals surface area contributed by atoms with Crippen molar-refractivity contribution in [3.05, 3.63) is 30.2 Å². The van der Waals surface area contributed by atoms with Crippen LogP contribution in [0.1, 0.15) is 5.69 Å². The first-order chi connectivity index (χ1) is 9.20. The predicted molar refractivity (Wildman–Crippen MR) is 77.2 cm³/mol. The average molecular weight is 259 g/mol. The summed E-state index contributed by atoms with van der Waals surface area (Å²) in [7, 11) is 2.18. The molecule has 0 saturated carbocycles. The molecule has 2 N–H and O–H groups in total. The number of anilines is 1. The van der Waals surface area contributed by atoms with Crippen LogP contribution in [0.15, 0.2) is 24.5 Å². The normalized spacial score (nSPS) is 18.2. The van der Waals surface area contributed by atoms with Crippen molar-refractivity contribution in [1.82, 2.24) is 19.2 Å². The fraction of sp³-hybridized carbons (Fsp3) is 0.500. The van der Waals surface area contributed by atoms with Crippen molar-refractivity contribution in [1.29, 1.82) is 0 Å². The van der Waals surface area contributed by atoms with Crippen molar-refractivity contribution in [2.24, 2.45) is 0 Å². The molecule has 0 unspecified atom stereocenters. The lowest BCUT2D eigenvalue weighted by Crippen LogP contribution is -2.45. The van der Waals surface area contributed by atoms with Crippen LogP contribution in [0.2, 0.25) is 0 Å². The third kappa shape index (κ3) is 2.88. The number of nitrogen functional groups attached to an aromatic ring is 1. The van der Waals surface area contributed by atoms with Crippen molar-refractivity contribution >= 4 is 11.3 Å². The van der Waals surface area contributed by atoms with Gasteiger partial charge in [0.05, 0.1) is 5.69 Å². The first kappa shape index (κ1) is 12.4. The Morgan fingerprint density at radius 2 is 1.95 bits per heavy atom. The molecule has 0 amide bonds. The van der Waals surface area contributed by atoms with E-state index in [-0.39, 0.29) is 0 Å². The molecule has 0 aromatic carbocycles. The number of imidazole rings is 1. The van der Waals surface area contributed by atoms with Crippen molar-refractivity contribution in [2.45, 2.75) is 6.42 Å². The largest absolute Gasteiger partial charge is 0.398 e. The fourth-order valence-electron chi connectivity index (χ4n) is 2.53. The summed E-state index contributed by atoms with van der Waals surface area (Å²) in [6.45, 7) is 5.75. The molecule has 1 aliphatic heterocycles. The van der Waals surface area contributed by atoms with Gasteiger partial charge in [-0.2, -0.15) is 0 Å². The Hall–Kier alpha value is -1.59. The minimum absolute atomic E-state index is 0.774. The summed E-state index contributed by atoms with van der Waals surface area (Å²) in [5.74, 6) is 0. The number of aromatic nitrogens is 2. The highest BCUT2D eigenvalue weighted by atomic mass is 15.2. The van der Waals surface area contributed by atoms with Gasteiger partial charge in [-0.25, -0.2) is 4.98 Å². The number of nitrogens with two attached hydrogens (primary N) is 1. The van der Waals surface area contributed by atoms with Gasteiger partial charge < -0.3 is 19.9 Å². The van der Waals surface area contributed by atoms with E-state index in [1.165, 1.54) is 13.1 Å². The number of fused-ring (bicyclic) bond motifs is 1. The van der Waals surface area contributed by atoms with Crippen LogP contribution in [0.3, 0.4) is 0 Å². The zero-order chi connectivity index (χ0) is 13.2. The summed E-state index contributed by atoms with van der Waals surface area (Å²) in [4.78, 5) is 9.51. The fourth-order valence-corrected chi connectivity index (χ4v) is 2.53. The molecule has 1 saturated heterocycles. The Bertz CT molecular complexity index is 554. The molecule has 3 rings (SSSR count). The van der Waals surface area contributed by atoms with Gasteiger partial charge in [-0.15, -0.1) is 0 Å². The number of hydrogen-bond acceptors (Lipinski definition) is 4. The first-order valence-electron chi connectivity index (χ1n) is 6.85. The molecule has 2 aromatic heterocycles. The molecule has 5 heteroatoms. The molecule has 0 spiro atoms. The number of piperazine rings is 1. The lowest BCUT2D eigenvalue weighted by molar-refractivity contribution is 0.155. The molecule has 0 bridgehead atoms. The smallest absolute Gasteiger partial charge is 0.137 e. The van der Waals surface area contributed by atoms with Crippen LogP contribution in [0.5, 0.6) is 0 Å². The SMILES string of the molecule is CN1CCN(CCc2cn3cc(N)ccc3n2)CC1. The maximum absolute atomic E-state index is 5.78. The third-order valence-electron chi connectivity index (χ3n) is 3.80. The van der Waals surface area contributed by atoms with Gasteiger partial charge in [0.2, 0.25) is 0 Å². The summed E-state index contributed by atoms with van der Waals surface area (Å²) in [5.41, 5.74) is 8.67. The van der Waals surface area contributed by atoms with E-state index in [1.807, 2.05) is 22.7 Å². The van der Waals surface area contributed by atoms with Gasteiger partial charge in [-0.3, -0.25) is 0 Å². The maximum Gasteiger partial charge on any atom is 0.137 e. The van der Waals surface area contributed by atoms with E-state index < -0.39 is 0 Å². The molecule has 1 aliphatic rings. The molecule has 102 valence electrons. The Labute approximate surface area is 113 Å². The van der Waals surface area contributed by atoms with Crippen molar-refractivity contribution in [3.8, 4) is 0 Å². The van der Waals surface area contributed by atoms with Gasteiger partial charge in [-0.1, -0.05) is 0 Å². The van der Waals surface area contributed by atoms with Crippen LogP contribution in [0.4, 0.5) is 5.69 Å². The van der Waals surface area contributed by atoms with Gasteiger partial charge in [-0.05, 0) is 19.2 Å². The van der Waals surface area contributed by atoms with Gasteiger partial charge >= 0.3 is 0 Å². The summed E-state index contributed by atoms with van der Waals surface area (Å²) in [6.07, 6.45) is 5.01. The second kappa shape index (κ2) is 5.19. The summed E-state index contributed by atoms with van der Waals surface area (Å²) in [6, 6.07) is 3.86. The molecule has 19 heavy (non-hydrogen) atoms. The van der Waals surface area contributed by atoms with Crippen LogP contribution in [0, 0.1) is 0 Å². The molecule has 2 aromatic rings. The molecule has 3 heterocycles. The number of likely N-dealkylation sites (N-methyl/N-ethyl adjacent to an activating group) is 1. The molecular weight excluding hydrogens is 238 g/mol. The molecule has 1 fully saturated rings. The molecule has 5 nitrogen and oxygen atoms in total. The minimum atomic E-state index is 0.774. The predicted octanol–water partition coefficient (Wildman–Crippen LogP) is 0.706. The van der Waals surface area contributed by atoms with Gasteiger partial charge in [0.25, 0.3) is 0 Å². The van der Waals surface area contributed by atoms with E-state index in [4.69, 9.17) is 5.73 Å². The zero-order valence-corrected chi connectivity index (χ0v) is 11.4. The zero-order valence-electron chi connectivity index (χ0n) is 11.4. The standard InChI is InChI=1S/C14H21N5/c1-17-6-8-18(9-7-17)5-4-13-11-19-10-12(15)2-3-14(19)16-13/h2-3,10-11H,4-9,15H2,1H3. The average Bonchev–Trinajstić information content (AvgIpc) is 2.80. The monoisotopic (exact) mass is 259 g/mol. The Balaban J connectivity index is 1.62. The van der Waals surface area contributed by atoms with E-state index in [0.29, 0.717) is 0 Å². The minimum Gasteiger partial charge on any atom is -0.398 e. The topological polar surface area (TPSA) is 49.8 Å². The number of rotatable bonds is 3. The van der Waals surface area contributed by atoms with Crippen LogP contribution >= 0.6 is 0 Å². The highest BCUT2D eigenvalue weighted by Crippen LogP contribution is 2.10. The van der Waals surface area contributed by atoms with E-state index in [1.54, 1.807) is 0 Å². The maximum atomic E-state index is 5.78. The highest BCUT2D eigenvalue weighted by molar-refractivity contribution is 5.48.